The third-order valence-corrected chi connectivity index (χ3v) is 8.78. The van der Waals surface area contributed by atoms with Crippen LogP contribution >= 0.6 is 0 Å². The van der Waals surface area contributed by atoms with Gasteiger partial charge in [-0.25, -0.2) is 31.6 Å². The van der Waals surface area contributed by atoms with Gasteiger partial charge in [0.2, 0.25) is 18.3 Å². The van der Waals surface area contributed by atoms with E-state index in [2.05, 4.69) is 30.9 Å². The van der Waals surface area contributed by atoms with E-state index in [0.29, 0.717) is 16.7 Å². The van der Waals surface area contributed by atoms with E-state index >= 15 is 4.39 Å². The summed E-state index contributed by atoms with van der Waals surface area (Å²) in [6.45, 7) is 2.15. The molecule has 1 unspecified atom stereocenters. The first-order valence-electron chi connectivity index (χ1n) is 14.5. The molecule has 3 saturated carbocycles. The van der Waals surface area contributed by atoms with Crippen LogP contribution in [0.4, 0.5) is 22.0 Å². The lowest BCUT2D eigenvalue weighted by Crippen LogP contribution is -2.45. The SMILES string of the molecule is CC(C)(C(F)F)C(F)[C@@H](NC(=O)c1nonc1C1CC1)c1nc2ccc([C@H](NC(=O)CC3CC(F)(F)C3)C3CC3)cc2[nH]1. The molecule has 2 aromatic heterocycles. The highest BCUT2D eigenvalue weighted by atomic mass is 19.3. The van der Waals surface area contributed by atoms with Gasteiger partial charge in [-0.2, -0.15) is 0 Å². The Morgan fingerprint density at radius 3 is 2.44 bits per heavy atom. The predicted molar refractivity (Wildman–Crippen MR) is 143 cm³/mol. The van der Waals surface area contributed by atoms with Gasteiger partial charge in [-0.1, -0.05) is 25.1 Å². The van der Waals surface area contributed by atoms with Crippen LogP contribution in [0.2, 0.25) is 0 Å². The van der Waals surface area contributed by atoms with Crippen LogP contribution in [-0.4, -0.2) is 50.6 Å². The molecule has 2 amide bonds. The molecule has 6 rings (SSSR count). The highest BCUT2D eigenvalue weighted by Gasteiger charge is 2.47. The Labute approximate surface area is 243 Å². The summed E-state index contributed by atoms with van der Waals surface area (Å²) in [6, 6.07) is 3.22. The van der Waals surface area contributed by atoms with Gasteiger partial charge in [-0.15, -0.1) is 0 Å². The molecule has 3 N–H and O–H groups in total. The zero-order valence-corrected chi connectivity index (χ0v) is 23.7. The zero-order chi connectivity index (χ0) is 30.7. The number of imidazole rings is 1. The molecular weight excluding hydrogens is 575 g/mol. The van der Waals surface area contributed by atoms with E-state index in [1.807, 2.05) is 0 Å². The van der Waals surface area contributed by atoms with Crippen molar-refractivity contribution >= 4 is 22.8 Å². The Morgan fingerprint density at radius 2 is 1.81 bits per heavy atom. The van der Waals surface area contributed by atoms with Crippen molar-refractivity contribution in [1.29, 1.82) is 0 Å². The van der Waals surface area contributed by atoms with Crippen molar-refractivity contribution in [2.75, 3.05) is 0 Å². The van der Waals surface area contributed by atoms with Crippen LogP contribution in [0.25, 0.3) is 11.0 Å². The molecule has 9 nitrogen and oxygen atoms in total. The number of benzene rings is 1. The van der Waals surface area contributed by atoms with E-state index in [4.69, 9.17) is 4.63 Å². The molecule has 3 fully saturated rings. The average molecular weight is 609 g/mol. The highest BCUT2D eigenvalue weighted by molar-refractivity contribution is 5.93. The minimum absolute atomic E-state index is 0.00307. The van der Waals surface area contributed by atoms with E-state index in [1.165, 1.54) is 0 Å². The molecule has 232 valence electrons. The Balaban J connectivity index is 1.25. The third kappa shape index (κ3) is 6.10. The summed E-state index contributed by atoms with van der Waals surface area (Å²) in [5.41, 5.74) is -0.330. The number of fused-ring (bicyclic) bond motifs is 1. The average Bonchev–Trinajstić information content (AvgIpc) is 3.86. The van der Waals surface area contributed by atoms with E-state index < -0.39 is 35.9 Å². The van der Waals surface area contributed by atoms with Gasteiger partial charge in [0.05, 0.1) is 22.5 Å². The Bertz CT molecular complexity index is 1510. The number of H-pyrrole nitrogens is 1. The van der Waals surface area contributed by atoms with Crippen LogP contribution in [0.3, 0.4) is 0 Å². The molecule has 3 atom stereocenters. The van der Waals surface area contributed by atoms with Crippen LogP contribution in [0.5, 0.6) is 0 Å². The number of alkyl halides is 5. The third-order valence-electron chi connectivity index (χ3n) is 8.78. The maximum absolute atomic E-state index is 15.9. The van der Waals surface area contributed by atoms with Crippen molar-refractivity contribution in [3.05, 3.63) is 41.0 Å². The quantitative estimate of drug-likeness (QED) is 0.219. The van der Waals surface area contributed by atoms with Crippen molar-refractivity contribution in [1.82, 2.24) is 30.9 Å². The number of halogens is 5. The fourth-order valence-corrected chi connectivity index (χ4v) is 5.73. The van der Waals surface area contributed by atoms with Gasteiger partial charge in [0, 0.05) is 25.2 Å². The van der Waals surface area contributed by atoms with E-state index in [9.17, 15) is 27.2 Å². The molecular formula is C29H33F5N6O3. The van der Waals surface area contributed by atoms with Gasteiger partial charge in [0.15, 0.2) is 5.69 Å². The normalized spacial score (nSPS) is 20.9. The largest absolute Gasteiger partial charge is 0.349 e. The second-order valence-electron chi connectivity index (χ2n) is 12.9. The van der Waals surface area contributed by atoms with E-state index in [-0.39, 0.29) is 60.5 Å². The molecule has 14 heteroatoms. The first-order chi connectivity index (χ1) is 20.3. The number of hydrogen-bond donors (Lipinski definition) is 3. The predicted octanol–water partition coefficient (Wildman–Crippen LogP) is 5.93. The monoisotopic (exact) mass is 608 g/mol. The fraction of sp³-hybridized carbons (Fsp3) is 0.621. The van der Waals surface area contributed by atoms with Gasteiger partial charge in [0.25, 0.3) is 5.91 Å². The maximum atomic E-state index is 15.9. The molecule has 0 aliphatic heterocycles. The summed E-state index contributed by atoms with van der Waals surface area (Å²) < 4.78 is 74.9. The highest BCUT2D eigenvalue weighted by Crippen LogP contribution is 2.45. The van der Waals surface area contributed by atoms with Crippen molar-refractivity contribution < 1.29 is 36.2 Å². The summed E-state index contributed by atoms with van der Waals surface area (Å²) in [5.74, 6) is -4.05. The smallest absolute Gasteiger partial charge is 0.276 e. The van der Waals surface area contributed by atoms with Crippen molar-refractivity contribution in [2.24, 2.45) is 17.3 Å². The van der Waals surface area contributed by atoms with E-state index in [1.54, 1.807) is 18.2 Å². The summed E-state index contributed by atoms with van der Waals surface area (Å²) in [7, 11) is 0. The van der Waals surface area contributed by atoms with Crippen molar-refractivity contribution in [3.63, 3.8) is 0 Å². The topological polar surface area (TPSA) is 126 Å². The van der Waals surface area contributed by atoms with Crippen molar-refractivity contribution in [3.8, 4) is 0 Å². The molecule has 0 radical (unpaired) electrons. The number of hydrogen-bond acceptors (Lipinski definition) is 6. The molecule has 2 heterocycles. The van der Waals surface area contributed by atoms with Gasteiger partial charge in [0.1, 0.15) is 23.7 Å². The molecule has 0 spiro atoms. The van der Waals surface area contributed by atoms with Gasteiger partial charge >= 0.3 is 0 Å². The molecule has 3 aliphatic carbocycles. The minimum Gasteiger partial charge on any atom is -0.349 e. The van der Waals surface area contributed by atoms with Crippen LogP contribution in [0.1, 0.15) is 104 Å². The van der Waals surface area contributed by atoms with Crippen LogP contribution in [0.15, 0.2) is 22.8 Å². The number of nitrogens with one attached hydrogen (secondary N) is 3. The number of rotatable bonds is 12. The first-order valence-corrected chi connectivity index (χ1v) is 14.5. The molecule has 0 saturated heterocycles. The molecule has 0 bridgehead atoms. The number of nitrogens with zero attached hydrogens (tertiary/aromatic N) is 3. The summed E-state index contributed by atoms with van der Waals surface area (Å²) >= 11 is 0. The lowest BCUT2D eigenvalue weighted by atomic mass is 9.79. The molecule has 1 aromatic carbocycles. The summed E-state index contributed by atoms with van der Waals surface area (Å²) in [4.78, 5) is 33.3. The molecule has 43 heavy (non-hydrogen) atoms. The van der Waals surface area contributed by atoms with Gasteiger partial charge < -0.3 is 15.6 Å². The van der Waals surface area contributed by atoms with Crippen LogP contribution < -0.4 is 10.6 Å². The number of aromatic amines is 1. The zero-order valence-electron chi connectivity index (χ0n) is 23.7. The second-order valence-corrected chi connectivity index (χ2v) is 12.9. The lowest BCUT2D eigenvalue weighted by Gasteiger charge is -2.34. The number of aromatic nitrogens is 4. The second kappa shape index (κ2) is 10.8. The number of carbonyl (C=O) groups is 2. The van der Waals surface area contributed by atoms with Crippen LogP contribution in [-0.2, 0) is 4.79 Å². The fourth-order valence-electron chi connectivity index (χ4n) is 5.73. The maximum Gasteiger partial charge on any atom is 0.276 e. The molecule has 3 aliphatic rings. The Kier molecular flexibility index (Phi) is 7.44. The van der Waals surface area contributed by atoms with Crippen molar-refractivity contribution in [2.45, 2.75) is 95.3 Å². The Hall–Kier alpha value is -3.58. The van der Waals surface area contributed by atoms with Gasteiger partial charge in [-0.05, 0) is 60.4 Å². The summed E-state index contributed by atoms with van der Waals surface area (Å²) in [5, 5.41) is 12.9. The van der Waals surface area contributed by atoms with E-state index in [0.717, 1.165) is 45.1 Å². The number of amides is 2. The summed E-state index contributed by atoms with van der Waals surface area (Å²) in [6.07, 6.45) is -2.47. The standard InChI is InChI=1S/C29H33F5N6O3/c1-28(2,27(31)32)24(30)23(38-26(42)22-21(15-5-6-15)39-43-40-22)25-35-17-8-7-16(10-18(17)36-25)20(14-3-4-14)37-19(41)9-13-11-29(33,34)12-13/h7-8,10,13-15,20,23-24,27H,3-6,9,11-12H2,1-2H3,(H,35,36)(H,37,41)(H,38,42)/t20-,23-,24?/m1/s1. The van der Waals surface area contributed by atoms with Crippen LogP contribution in [0, 0.1) is 17.3 Å². The Morgan fingerprint density at radius 1 is 1.09 bits per heavy atom. The first kappa shape index (κ1) is 29.5. The minimum atomic E-state index is -3.04. The molecule has 3 aromatic rings. The lowest BCUT2D eigenvalue weighted by molar-refractivity contribution is -0.134. The van der Waals surface area contributed by atoms with Gasteiger partial charge in [-0.3, -0.25) is 9.59 Å². The number of carbonyl (C=O) groups excluding carboxylic acids is 2.